The molecular formula is C21H25NO6S. The number of Topliss-reactive ketones (excluding diaryl/α,β-unsaturated/α-hetero) is 1. The lowest BCUT2D eigenvalue weighted by molar-refractivity contribution is -0.144. The number of esters is 1. The van der Waals surface area contributed by atoms with Gasteiger partial charge in [0.15, 0.2) is 23.1 Å². The number of aryl methyl sites for hydroxylation is 2. The Hall–Kier alpha value is -2.61. The Bertz CT molecular complexity index is 1040. The highest BCUT2D eigenvalue weighted by Crippen LogP contribution is 2.29. The molecule has 1 saturated heterocycles. The Balaban J connectivity index is 1.59. The van der Waals surface area contributed by atoms with Gasteiger partial charge in [0.25, 0.3) is 0 Å². The molecule has 156 valence electrons. The van der Waals surface area contributed by atoms with E-state index in [2.05, 4.69) is 0 Å². The molecule has 1 aliphatic heterocycles. The second-order valence-corrected chi connectivity index (χ2v) is 9.58. The van der Waals surface area contributed by atoms with Crippen LogP contribution in [0.3, 0.4) is 0 Å². The molecule has 0 spiro atoms. The van der Waals surface area contributed by atoms with E-state index in [0.29, 0.717) is 23.4 Å². The molecule has 1 aromatic carbocycles. The minimum atomic E-state index is -3.03. The van der Waals surface area contributed by atoms with Crippen LogP contribution in [-0.2, 0) is 19.4 Å². The molecule has 1 atom stereocenters. The summed E-state index contributed by atoms with van der Waals surface area (Å²) >= 11 is 0. The molecule has 0 unspecified atom stereocenters. The van der Waals surface area contributed by atoms with Gasteiger partial charge in [0.2, 0.25) is 5.78 Å². The number of sulfone groups is 1. The Kier molecular flexibility index (Phi) is 6.12. The molecule has 0 radical (unpaired) electrons. The van der Waals surface area contributed by atoms with E-state index in [1.54, 1.807) is 19.1 Å². The summed E-state index contributed by atoms with van der Waals surface area (Å²) < 4.78 is 36.0. The van der Waals surface area contributed by atoms with E-state index in [1.165, 1.54) is 0 Å². The van der Waals surface area contributed by atoms with Crippen molar-refractivity contribution < 1.29 is 27.5 Å². The molecule has 8 heteroatoms. The monoisotopic (exact) mass is 419 g/mol. The Morgan fingerprint density at radius 1 is 1.14 bits per heavy atom. The predicted molar refractivity (Wildman–Crippen MR) is 108 cm³/mol. The molecule has 3 rings (SSSR count). The van der Waals surface area contributed by atoms with Crippen molar-refractivity contribution >= 4 is 21.6 Å². The molecule has 2 heterocycles. The Morgan fingerprint density at radius 2 is 1.86 bits per heavy atom. The van der Waals surface area contributed by atoms with Crippen LogP contribution in [0.15, 0.2) is 30.3 Å². The van der Waals surface area contributed by atoms with Crippen molar-refractivity contribution in [2.45, 2.75) is 33.2 Å². The van der Waals surface area contributed by atoms with Crippen molar-refractivity contribution in [1.29, 1.82) is 0 Å². The van der Waals surface area contributed by atoms with E-state index in [9.17, 15) is 18.0 Å². The van der Waals surface area contributed by atoms with Crippen LogP contribution < -0.4 is 4.74 Å². The highest BCUT2D eigenvalue weighted by atomic mass is 32.2. The van der Waals surface area contributed by atoms with Crippen LogP contribution in [0.2, 0.25) is 0 Å². The molecule has 29 heavy (non-hydrogen) atoms. The number of rotatable bonds is 7. The van der Waals surface area contributed by atoms with Crippen molar-refractivity contribution in [2.24, 2.45) is 0 Å². The fourth-order valence-corrected chi connectivity index (χ4v) is 5.42. The number of para-hydroxylation sites is 1. The molecule has 2 aromatic rings. The van der Waals surface area contributed by atoms with Crippen LogP contribution in [-0.4, -0.2) is 49.5 Å². The highest BCUT2D eigenvalue weighted by molar-refractivity contribution is 7.91. The van der Waals surface area contributed by atoms with Crippen molar-refractivity contribution in [3.8, 4) is 5.75 Å². The van der Waals surface area contributed by atoms with Gasteiger partial charge in [0.1, 0.15) is 5.75 Å². The molecule has 7 nitrogen and oxygen atoms in total. The summed E-state index contributed by atoms with van der Waals surface area (Å²) in [6, 6.07) is 8.87. The number of ether oxygens (including phenoxy) is 2. The molecule has 0 bridgehead atoms. The number of nitrogens with zero attached hydrogens (tertiary/aromatic N) is 1. The fraction of sp³-hybridized carbons (Fsp3) is 0.429. The number of hydrogen-bond donors (Lipinski definition) is 0. The molecule has 0 aliphatic carbocycles. The van der Waals surface area contributed by atoms with Gasteiger partial charge < -0.3 is 14.0 Å². The van der Waals surface area contributed by atoms with Crippen molar-refractivity contribution in [3.63, 3.8) is 0 Å². The van der Waals surface area contributed by atoms with Crippen LogP contribution in [0.5, 0.6) is 5.75 Å². The first-order valence-electron chi connectivity index (χ1n) is 9.44. The maximum absolute atomic E-state index is 12.6. The molecule has 0 saturated carbocycles. The lowest BCUT2D eigenvalue weighted by atomic mass is 10.1. The van der Waals surface area contributed by atoms with Crippen LogP contribution >= 0.6 is 0 Å². The quantitative estimate of drug-likeness (QED) is 0.506. The summed E-state index contributed by atoms with van der Waals surface area (Å²) in [5.41, 5.74) is 2.86. The summed E-state index contributed by atoms with van der Waals surface area (Å²) in [6.45, 7) is 4.83. The normalized spacial score (nSPS) is 17.8. The molecule has 1 aliphatic rings. The van der Waals surface area contributed by atoms with E-state index >= 15 is 0 Å². The third-order valence-electron chi connectivity index (χ3n) is 5.16. The first-order valence-corrected chi connectivity index (χ1v) is 11.3. The summed E-state index contributed by atoms with van der Waals surface area (Å²) in [4.78, 5) is 24.5. The molecule has 0 N–H and O–H groups in total. The molecule has 1 fully saturated rings. The zero-order valence-corrected chi connectivity index (χ0v) is 17.6. The largest absolute Gasteiger partial charge is 0.482 e. The van der Waals surface area contributed by atoms with Crippen molar-refractivity contribution in [2.75, 3.05) is 24.7 Å². The van der Waals surface area contributed by atoms with Gasteiger partial charge in [-0.25, -0.2) is 13.2 Å². The van der Waals surface area contributed by atoms with E-state index in [4.69, 9.17) is 9.47 Å². The topological polar surface area (TPSA) is 91.7 Å². The van der Waals surface area contributed by atoms with Crippen LogP contribution in [0, 0.1) is 20.8 Å². The van der Waals surface area contributed by atoms with Crippen molar-refractivity contribution in [1.82, 2.24) is 4.57 Å². The van der Waals surface area contributed by atoms with E-state index < -0.39 is 15.8 Å². The lowest BCUT2D eigenvalue weighted by Crippen LogP contribution is -2.20. The number of hydrogen-bond acceptors (Lipinski definition) is 6. The maximum atomic E-state index is 12.6. The zero-order valence-electron chi connectivity index (χ0n) is 16.8. The third kappa shape index (κ3) is 4.87. The molecule has 1 aromatic heterocycles. The van der Waals surface area contributed by atoms with E-state index in [-0.39, 0.29) is 36.5 Å². The lowest BCUT2D eigenvalue weighted by Gasteiger charge is -2.16. The number of ketones is 1. The second kappa shape index (κ2) is 8.41. The van der Waals surface area contributed by atoms with Gasteiger partial charge in [0, 0.05) is 23.0 Å². The van der Waals surface area contributed by atoms with Gasteiger partial charge in [-0.1, -0.05) is 18.2 Å². The van der Waals surface area contributed by atoms with Crippen molar-refractivity contribution in [3.05, 3.63) is 52.8 Å². The van der Waals surface area contributed by atoms with E-state index in [1.807, 2.05) is 36.6 Å². The van der Waals surface area contributed by atoms with E-state index in [0.717, 1.165) is 11.3 Å². The fourth-order valence-electron chi connectivity index (χ4n) is 3.72. The number of carbonyl (C=O) groups excluding carboxylic acids is 2. The first-order chi connectivity index (χ1) is 13.7. The minimum Gasteiger partial charge on any atom is -0.482 e. The summed E-state index contributed by atoms with van der Waals surface area (Å²) in [6.07, 6.45) is 0.539. The summed E-state index contributed by atoms with van der Waals surface area (Å²) in [7, 11) is -3.03. The number of benzene rings is 1. The standard InChI is InChI=1S/C21H25NO6S/c1-14-6-4-5-7-20(14)27-12-21(24)28-11-19(23)18-10-15(2)22(16(18)3)17-8-9-29(25,26)13-17/h4-7,10,17H,8-9,11-13H2,1-3H3/t17-/m1/s1. The van der Waals surface area contributed by atoms with Crippen LogP contribution in [0.1, 0.15) is 39.8 Å². The Morgan fingerprint density at radius 3 is 2.52 bits per heavy atom. The average Bonchev–Trinajstić information content (AvgIpc) is 3.17. The molecular weight excluding hydrogens is 394 g/mol. The Labute approximate surface area is 170 Å². The smallest absolute Gasteiger partial charge is 0.344 e. The SMILES string of the molecule is Cc1ccccc1OCC(=O)OCC(=O)c1cc(C)n([C@@H]2CCS(=O)(=O)C2)c1C. The minimum absolute atomic E-state index is 0.0855. The van der Waals surface area contributed by atoms with Crippen LogP contribution in [0.4, 0.5) is 0 Å². The predicted octanol–water partition coefficient (Wildman–Crippen LogP) is 2.58. The zero-order chi connectivity index (χ0) is 21.2. The first kappa shape index (κ1) is 21.1. The number of aromatic nitrogens is 1. The van der Waals surface area contributed by atoms with Gasteiger partial charge in [-0.15, -0.1) is 0 Å². The summed E-state index contributed by atoms with van der Waals surface area (Å²) in [5.74, 6) is -0.115. The second-order valence-electron chi connectivity index (χ2n) is 7.35. The van der Waals surface area contributed by atoms with Crippen LogP contribution in [0.25, 0.3) is 0 Å². The van der Waals surface area contributed by atoms with Gasteiger partial charge in [-0.2, -0.15) is 0 Å². The molecule has 0 amide bonds. The maximum Gasteiger partial charge on any atom is 0.344 e. The average molecular weight is 419 g/mol. The highest BCUT2D eigenvalue weighted by Gasteiger charge is 2.31. The third-order valence-corrected chi connectivity index (χ3v) is 6.91. The van der Waals surface area contributed by atoms with Gasteiger partial charge in [0.05, 0.1) is 11.5 Å². The summed E-state index contributed by atoms with van der Waals surface area (Å²) in [5, 5.41) is 0. The van der Waals surface area contributed by atoms with Gasteiger partial charge in [-0.3, -0.25) is 4.79 Å². The van der Waals surface area contributed by atoms with Gasteiger partial charge >= 0.3 is 5.97 Å². The van der Waals surface area contributed by atoms with Gasteiger partial charge in [-0.05, 0) is 44.9 Å². The number of carbonyl (C=O) groups is 2.